The Hall–Kier alpha value is -1.60. The van der Waals surface area contributed by atoms with Crippen molar-refractivity contribution in [2.45, 2.75) is 336 Å². The molecule has 0 aliphatic heterocycles. The Morgan fingerprint density at radius 3 is 0.691 bits per heavy atom. The van der Waals surface area contributed by atoms with Gasteiger partial charge in [0.15, 0.2) is 0 Å². The SMILES string of the molecule is CCCCCCCCCCC/C=C/CCCCCCC[N+](CCCCCCC/C=C/CCCCCCCCCCC)(CCCCCCC/C=C/CCCCCCCCCCC)Cc1ccccc1. The van der Waals surface area contributed by atoms with Crippen LogP contribution in [0.1, 0.15) is 335 Å². The molecule has 0 N–H and O–H groups in total. The minimum atomic E-state index is 1.23. The third-order valence-corrected chi connectivity index (χ3v) is 15.3. The second kappa shape index (κ2) is 54.7. The fourth-order valence-electron chi connectivity index (χ4n) is 10.7. The molecule has 0 aromatic heterocycles. The van der Waals surface area contributed by atoms with Crippen molar-refractivity contribution in [3.63, 3.8) is 0 Å². The van der Waals surface area contributed by atoms with E-state index < -0.39 is 0 Å². The number of rotatable bonds is 56. The summed E-state index contributed by atoms with van der Waals surface area (Å²) in [5.74, 6) is 0. The number of allylic oxidation sites excluding steroid dienone is 6. The van der Waals surface area contributed by atoms with Gasteiger partial charge in [0.1, 0.15) is 6.54 Å². The molecule has 1 heteroatoms. The highest BCUT2D eigenvalue weighted by Gasteiger charge is 2.26. The van der Waals surface area contributed by atoms with E-state index in [1.807, 2.05) is 0 Å². The molecule has 0 heterocycles. The zero-order chi connectivity index (χ0) is 48.6. The summed E-state index contributed by atoms with van der Waals surface area (Å²) in [6.07, 6.45) is 82.4. The molecule has 396 valence electrons. The summed E-state index contributed by atoms with van der Waals surface area (Å²) >= 11 is 0. The van der Waals surface area contributed by atoms with Gasteiger partial charge in [-0.3, -0.25) is 0 Å². The zero-order valence-corrected chi connectivity index (χ0v) is 47.1. The van der Waals surface area contributed by atoms with Crippen LogP contribution in [-0.2, 0) is 6.54 Å². The summed E-state index contributed by atoms with van der Waals surface area (Å²) in [7, 11) is 0. The van der Waals surface area contributed by atoms with Crippen molar-refractivity contribution in [3.8, 4) is 0 Å². The Bertz CT molecular complexity index is 1050. The van der Waals surface area contributed by atoms with Crippen molar-refractivity contribution in [1.82, 2.24) is 0 Å². The first-order chi connectivity index (χ1) is 33.8. The third-order valence-electron chi connectivity index (χ3n) is 15.3. The molecule has 0 bridgehead atoms. The van der Waals surface area contributed by atoms with Crippen molar-refractivity contribution in [2.75, 3.05) is 19.6 Å². The highest BCUT2D eigenvalue weighted by molar-refractivity contribution is 5.13. The Balaban J connectivity index is 2.49. The molecule has 1 rings (SSSR count). The molecule has 0 unspecified atom stereocenters. The van der Waals surface area contributed by atoms with E-state index in [2.05, 4.69) is 87.6 Å². The molecule has 1 aromatic carbocycles. The monoisotopic (exact) mass is 943 g/mol. The van der Waals surface area contributed by atoms with Crippen molar-refractivity contribution in [3.05, 3.63) is 72.4 Å². The fraction of sp³-hybridized carbons (Fsp3) is 0.821. The Kier molecular flexibility index (Phi) is 51.8. The molecule has 0 aliphatic carbocycles. The summed E-state index contributed by atoms with van der Waals surface area (Å²) in [6.45, 7) is 12.3. The van der Waals surface area contributed by atoms with Crippen molar-refractivity contribution in [1.29, 1.82) is 0 Å². The molecular weight excluding hydrogens is 819 g/mol. The first kappa shape index (κ1) is 64.4. The Morgan fingerprint density at radius 1 is 0.250 bits per heavy atom. The molecule has 0 saturated carbocycles. The Labute approximate surface area is 430 Å². The summed E-state index contributed by atoms with van der Waals surface area (Å²) in [5.41, 5.74) is 1.56. The van der Waals surface area contributed by atoms with Crippen LogP contribution >= 0.6 is 0 Å². The van der Waals surface area contributed by atoms with Gasteiger partial charge in [0.25, 0.3) is 0 Å². The van der Waals surface area contributed by atoms with Gasteiger partial charge in [0.2, 0.25) is 0 Å². The van der Waals surface area contributed by atoms with E-state index in [0.717, 1.165) is 0 Å². The number of benzene rings is 1. The average molecular weight is 944 g/mol. The molecule has 0 fully saturated rings. The van der Waals surface area contributed by atoms with Crippen LogP contribution in [0.25, 0.3) is 0 Å². The van der Waals surface area contributed by atoms with Gasteiger partial charge in [-0.25, -0.2) is 0 Å². The molecule has 0 amide bonds. The summed E-state index contributed by atoms with van der Waals surface area (Å²) in [6, 6.07) is 11.6. The van der Waals surface area contributed by atoms with Crippen LogP contribution in [0.4, 0.5) is 0 Å². The van der Waals surface area contributed by atoms with Crippen molar-refractivity contribution in [2.24, 2.45) is 0 Å². The smallest absolute Gasteiger partial charge is 0.104 e. The number of quaternary nitrogens is 1. The lowest BCUT2D eigenvalue weighted by Crippen LogP contribution is -2.49. The van der Waals surface area contributed by atoms with Gasteiger partial charge in [-0.2, -0.15) is 0 Å². The van der Waals surface area contributed by atoms with Crippen molar-refractivity contribution >= 4 is 0 Å². The average Bonchev–Trinajstić information content (AvgIpc) is 3.35. The van der Waals surface area contributed by atoms with Gasteiger partial charge in [0.05, 0.1) is 19.6 Å². The van der Waals surface area contributed by atoms with Crippen LogP contribution in [0.3, 0.4) is 0 Å². The number of hydrogen-bond acceptors (Lipinski definition) is 0. The summed E-state index contributed by atoms with van der Waals surface area (Å²) in [5, 5.41) is 0. The van der Waals surface area contributed by atoms with E-state index in [9.17, 15) is 0 Å². The number of hydrogen-bond donors (Lipinski definition) is 0. The van der Waals surface area contributed by atoms with E-state index in [4.69, 9.17) is 0 Å². The third kappa shape index (κ3) is 46.8. The molecule has 0 aliphatic rings. The first-order valence-corrected chi connectivity index (χ1v) is 31.6. The van der Waals surface area contributed by atoms with Gasteiger partial charge < -0.3 is 4.48 Å². The van der Waals surface area contributed by atoms with Crippen molar-refractivity contribution < 1.29 is 4.48 Å². The second-order valence-electron chi connectivity index (χ2n) is 22.1. The lowest BCUT2D eigenvalue weighted by molar-refractivity contribution is -0.941. The number of nitrogens with zero attached hydrogens (tertiary/aromatic N) is 1. The molecule has 1 aromatic rings. The van der Waals surface area contributed by atoms with E-state index in [1.165, 1.54) is 339 Å². The molecular formula is C67H124N+. The maximum atomic E-state index is 2.50. The summed E-state index contributed by atoms with van der Waals surface area (Å²) < 4.78 is 1.33. The zero-order valence-electron chi connectivity index (χ0n) is 47.1. The highest BCUT2D eigenvalue weighted by atomic mass is 15.3. The predicted octanol–water partition coefficient (Wildman–Crippen LogP) is 23.5. The summed E-state index contributed by atoms with van der Waals surface area (Å²) in [4.78, 5) is 0. The number of unbranched alkanes of at least 4 members (excludes halogenated alkanes) is 42. The molecule has 0 radical (unpaired) electrons. The maximum Gasteiger partial charge on any atom is 0.104 e. The lowest BCUT2D eigenvalue weighted by Gasteiger charge is -2.39. The molecule has 0 spiro atoms. The second-order valence-corrected chi connectivity index (χ2v) is 22.1. The Morgan fingerprint density at radius 2 is 0.456 bits per heavy atom. The van der Waals surface area contributed by atoms with Gasteiger partial charge in [0, 0.05) is 5.56 Å². The van der Waals surface area contributed by atoms with Crippen LogP contribution in [0, 0.1) is 0 Å². The van der Waals surface area contributed by atoms with E-state index in [0.29, 0.717) is 0 Å². The van der Waals surface area contributed by atoms with Crippen LogP contribution < -0.4 is 0 Å². The van der Waals surface area contributed by atoms with Crippen LogP contribution in [-0.4, -0.2) is 24.1 Å². The lowest BCUT2D eigenvalue weighted by atomic mass is 10.0. The quantitative estimate of drug-likeness (QED) is 0.0347. The molecule has 68 heavy (non-hydrogen) atoms. The molecule has 0 atom stereocenters. The van der Waals surface area contributed by atoms with Gasteiger partial charge in [-0.1, -0.05) is 280 Å². The van der Waals surface area contributed by atoms with E-state index in [1.54, 1.807) is 5.56 Å². The van der Waals surface area contributed by atoms with Gasteiger partial charge in [-0.05, 0) is 116 Å². The fourth-order valence-corrected chi connectivity index (χ4v) is 10.7. The molecule has 0 saturated heterocycles. The normalized spacial score (nSPS) is 12.3. The highest BCUT2D eigenvalue weighted by Crippen LogP contribution is 2.23. The van der Waals surface area contributed by atoms with Gasteiger partial charge in [-0.15, -0.1) is 0 Å². The van der Waals surface area contributed by atoms with E-state index in [-0.39, 0.29) is 0 Å². The predicted molar refractivity (Wildman–Crippen MR) is 311 cm³/mol. The van der Waals surface area contributed by atoms with Crippen LogP contribution in [0.2, 0.25) is 0 Å². The minimum absolute atomic E-state index is 1.23. The standard InChI is InChI=1S/C67H124N/c1-4-7-10-13-16-19-22-25-28-31-34-37-40-43-46-49-52-58-63-68(66-67-61-56-55-57-62-67,64-59-53-50-47-44-41-38-35-32-29-26-23-20-17-14-11-8-5-2)65-60-54-51-48-45-42-39-36-33-30-27-24-21-18-15-12-9-6-3/h34-39,55-57,61-62H,4-33,40-54,58-60,63-66H2,1-3H3/q+1/b37-34+,38-35+,39-36+. The van der Waals surface area contributed by atoms with E-state index >= 15 is 0 Å². The maximum absolute atomic E-state index is 2.50. The largest absolute Gasteiger partial charge is 0.320 e. The van der Waals surface area contributed by atoms with Crippen LogP contribution in [0.5, 0.6) is 0 Å². The van der Waals surface area contributed by atoms with Gasteiger partial charge >= 0.3 is 0 Å². The topological polar surface area (TPSA) is 0 Å². The molecule has 1 nitrogen and oxygen atoms in total. The first-order valence-electron chi connectivity index (χ1n) is 31.6. The minimum Gasteiger partial charge on any atom is -0.320 e. The van der Waals surface area contributed by atoms with Crippen LogP contribution in [0.15, 0.2) is 66.8 Å².